The van der Waals surface area contributed by atoms with Gasteiger partial charge < -0.3 is 42.5 Å². The van der Waals surface area contributed by atoms with Gasteiger partial charge in [-0.05, 0) is 132 Å². The van der Waals surface area contributed by atoms with Gasteiger partial charge in [-0.2, -0.15) is 0 Å². The van der Waals surface area contributed by atoms with E-state index in [0.29, 0.717) is 38.5 Å². The highest BCUT2D eigenvalue weighted by Gasteiger charge is 2.57. The third-order valence-corrected chi connectivity index (χ3v) is 26.3. The third-order valence-electron chi connectivity index (χ3n) is 17.3. The number of rotatable bonds is 11. The first kappa shape index (κ1) is 61.2. The molecule has 14 atom stereocenters. The van der Waals surface area contributed by atoms with Gasteiger partial charge >= 0.3 is 5.97 Å². The van der Waals surface area contributed by atoms with Crippen molar-refractivity contribution >= 4 is 40.1 Å². The minimum atomic E-state index is -2.56. The zero-order valence-corrected chi connectivity index (χ0v) is 49.3. The van der Waals surface area contributed by atoms with Gasteiger partial charge in [-0.3, -0.25) is 14.4 Å². The van der Waals surface area contributed by atoms with E-state index in [4.69, 9.17) is 32.5 Å². The largest absolute Gasteiger partial charge is 0.456 e. The summed E-state index contributed by atoms with van der Waals surface area (Å²) in [6.45, 7) is 36.1. The fourth-order valence-corrected chi connectivity index (χ4v) is 13.6. The fraction of sp³-hybridized carbons (Fsp3) is 0.821. The zero-order chi connectivity index (χ0) is 53.6. The van der Waals surface area contributed by atoms with E-state index in [2.05, 4.69) is 93.4 Å². The average molecular weight is 1030 g/mol. The molecule has 3 fully saturated rings. The van der Waals surface area contributed by atoms with Crippen LogP contribution in [0.3, 0.4) is 0 Å². The van der Waals surface area contributed by atoms with E-state index in [1.54, 1.807) is 34.3 Å². The number of Topliss-reactive ketones (excluding diaryl/α,β-unsaturated/α-hetero) is 2. The molecule has 0 aromatic rings. The van der Waals surface area contributed by atoms with Crippen LogP contribution in [0.2, 0.25) is 36.3 Å². The average Bonchev–Trinajstić information content (AvgIpc) is 3.28. The zero-order valence-electron chi connectivity index (χ0n) is 47.3. The number of esters is 1. The normalized spacial score (nSPS) is 36.3. The fourth-order valence-electron chi connectivity index (χ4n) is 10.8. The van der Waals surface area contributed by atoms with Gasteiger partial charge in [-0.25, -0.2) is 4.79 Å². The van der Waals surface area contributed by atoms with Crippen molar-refractivity contribution in [2.45, 2.75) is 238 Å². The number of methoxy groups -OCH3 is 3. The minimum Gasteiger partial charge on any atom is -0.456 e. The number of amides is 1. The Bertz CT molecular complexity index is 1900. The van der Waals surface area contributed by atoms with Gasteiger partial charge in [0.15, 0.2) is 16.6 Å². The summed E-state index contributed by atoms with van der Waals surface area (Å²) >= 11 is 0. The van der Waals surface area contributed by atoms with Gasteiger partial charge in [-0.1, -0.05) is 86.1 Å². The lowest BCUT2D eigenvalue weighted by Crippen LogP contribution is -2.64. The molecule has 406 valence electrons. The molecule has 13 nitrogen and oxygen atoms in total. The van der Waals surface area contributed by atoms with Crippen molar-refractivity contribution in [2.24, 2.45) is 29.6 Å². The number of carbonyl (C=O) groups excluding carboxylic acids is 4. The summed E-state index contributed by atoms with van der Waals surface area (Å²) < 4.78 is 45.4. The number of carbonyl (C=O) groups is 4. The number of hydrogen-bond donors (Lipinski definition) is 1. The molecule has 1 amide bonds. The monoisotopic (exact) mass is 1030 g/mol. The molecule has 3 heterocycles. The molecule has 1 N–H and O–H groups in total. The van der Waals surface area contributed by atoms with Gasteiger partial charge in [0.05, 0.1) is 30.5 Å². The van der Waals surface area contributed by atoms with Gasteiger partial charge in [0.1, 0.15) is 24.0 Å². The summed E-state index contributed by atoms with van der Waals surface area (Å²) in [7, 11) is 0.207. The standard InChI is InChI=1S/C56H97NO12Si2/c1-20-23-41-29-35(2)28-36(3)30-47(64-14)50-48(65-15)32-38(5)56(62,67-50)51(59)52(60)57-27-22-21-24-42(57)53(61)66-49(39(6)45(34-43(41)58)69-71(18,19)55(10,11)12)37(4)31-40-25-26-44(46(33-40)63-13)68-70(16,17)54(7,8)9/h20,29,31,36,38-42,44-50,62H,1,21-28,30,32-34H2,2-19H3/b35-29+,37-31+/t36-,38+,39-,40-,41+,42-,44+,45?,46+,47-,48-,49+,50+,56+/m0/s1. The van der Waals surface area contributed by atoms with E-state index < -0.39 is 94.4 Å². The molecular formula is C56H97NO12Si2. The van der Waals surface area contributed by atoms with Crippen LogP contribution in [0.1, 0.15) is 147 Å². The number of allylic oxidation sites excluding steroid dienone is 4. The van der Waals surface area contributed by atoms with Crippen LogP contribution in [0.25, 0.3) is 0 Å². The summed E-state index contributed by atoms with van der Waals surface area (Å²) in [6, 6.07) is -1.11. The molecule has 4 rings (SSSR count). The van der Waals surface area contributed by atoms with Crippen LogP contribution in [-0.2, 0) is 51.7 Å². The molecule has 4 aliphatic rings. The van der Waals surface area contributed by atoms with Crippen molar-refractivity contribution in [3.8, 4) is 0 Å². The highest BCUT2D eigenvalue weighted by atomic mass is 28.4. The molecule has 0 spiro atoms. The van der Waals surface area contributed by atoms with Gasteiger partial charge in [0.2, 0.25) is 5.79 Å². The predicted octanol–water partition coefficient (Wildman–Crippen LogP) is 10.7. The van der Waals surface area contributed by atoms with Crippen molar-refractivity contribution in [3.63, 3.8) is 0 Å². The number of cyclic esters (lactones) is 1. The van der Waals surface area contributed by atoms with Crippen molar-refractivity contribution < 1.29 is 56.8 Å². The molecule has 0 aromatic heterocycles. The SMILES string of the molecule is C=CC[C@@H]1/C=C(\C)C[C@H](C)C[C@H](OC)[C@H]2O[C@@](O)(C(=O)C(=O)N3CCCC[C@H]3C(=O)O[C@H](/C(C)=C/[C@@H]3CC[C@@H](O[Si](C)(C)C(C)(C)C)[C@H](OC)C3)[C@@H](C)C(O[Si](C)(C)C(C)(C)C)CC1=O)[C@H](C)C[C@@H]2OC. The molecule has 2 bridgehead atoms. The van der Waals surface area contributed by atoms with Crippen LogP contribution in [0.5, 0.6) is 0 Å². The second kappa shape index (κ2) is 25.0. The van der Waals surface area contributed by atoms with Crippen molar-refractivity contribution in [1.82, 2.24) is 4.90 Å². The maximum Gasteiger partial charge on any atom is 0.329 e. The quantitative estimate of drug-likeness (QED) is 0.0906. The van der Waals surface area contributed by atoms with Crippen molar-refractivity contribution in [2.75, 3.05) is 27.9 Å². The molecule has 1 unspecified atom stereocenters. The van der Waals surface area contributed by atoms with Crippen LogP contribution in [-0.4, -0.2) is 133 Å². The summed E-state index contributed by atoms with van der Waals surface area (Å²) in [6.07, 6.45) is 7.96. The number of ketones is 2. The topological polar surface area (TPSA) is 156 Å². The Morgan fingerprint density at radius 2 is 1.39 bits per heavy atom. The number of fused-ring (bicyclic) bond motifs is 3. The van der Waals surface area contributed by atoms with E-state index in [1.807, 2.05) is 20.8 Å². The number of piperidine rings is 1. The molecule has 3 aliphatic heterocycles. The van der Waals surface area contributed by atoms with Crippen LogP contribution in [0.15, 0.2) is 36.0 Å². The molecule has 71 heavy (non-hydrogen) atoms. The summed E-state index contributed by atoms with van der Waals surface area (Å²) in [4.78, 5) is 60.4. The third kappa shape index (κ3) is 15.0. The molecule has 2 saturated heterocycles. The summed E-state index contributed by atoms with van der Waals surface area (Å²) in [5, 5.41) is 12.1. The van der Waals surface area contributed by atoms with Gasteiger partial charge in [0, 0.05) is 52.0 Å². The van der Waals surface area contributed by atoms with Crippen LogP contribution in [0.4, 0.5) is 0 Å². The maximum absolute atomic E-state index is 15.0. The van der Waals surface area contributed by atoms with E-state index in [1.165, 1.54) is 4.90 Å². The Labute approximate surface area is 431 Å². The number of aliphatic hydroxyl groups is 1. The second-order valence-corrected chi connectivity index (χ2v) is 34.5. The second-order valence-electron chi connectivity index (χ2n) is 25.0. The Hall–Kier alpha value is -2.35. The van der Waals surface area contributed by atoms with Crippen molar-refractivity contribution in [1.29, 1.82) is 0 Å². The molecule has 1 saturated carbocycles. The molecular weight excluding hydrogens is 935 g/mol. The first-order valence-corrected chi connectivity index (χ1v) is 32.6. The van der Waals surface area contributed by atoms with Crippen LogP contribution in [0, 0.1) is 29.6 Å². The maximum atomic E-state index is 15.0. The van der Waals surface area contributed by atoms with E-state index in [9.17, 15) is 19.5 Å². The first-order valence-electron chi connectivity index (χ1n) is 26.7. The van der Waals surface area contributed by atoms with Gasteiger partial charge in [0.25, 0.3) is 11.7 Å². The molecule has 15 heteroatoms. The van der Waals surface area contributed by atoms with Gasteiger partial charge in [-0.15, -0.1) is 6.58 Å². The molecule has 0 aromatic carbocycles. The Morgan fingerprint density at radius 1 is 0.817 bits per heavy atom. The number of nitrogens with zero attached hydrogens (tertiary/aromatic N) is 1. The van der Waals surface area contributed by atoms with E-state index in [-0.39, 0.29) is 65.7 Å². The highest BCUT2D eigenvalue weighted by molar-refractivity contribution is 6.74. The lowest BCUT2D eigenvalue weighted by molar-refractivity contribution is -0.302. The predicted molar refractivity (Wildman–Crippen MR) is 285 cm³/mol. The molecule has 1 aliphatic carbocycles. The summed E-state index contributed by atoms with van der Waals surface area (Å²) in [5.41, 5.74) is 1.83. The highest BCUT2D eigenvalue weighted by Crippen LogP contribution is 2.44. The lowest BCUT2D eigenvalue weighted by Gasteiger charge is -2.47. The first-order chi connectivity index (χ1) is 32.9. The number of hydrogen-bond acceptors (Lipinski definition) is 12. The smallest absolute Gasteiger partial charge is 0.329 e. The minimum absolute atomic E-state index is 0.0114. The Morgan fingerprint density at radius 3 is 1.96 bits per heavy atom. The van der Waals surface area contributed by atoms with Crippen LogP contribution >= 0.6 is 0 Å². The van der Waals surface area contributed by atoms with E-state index in [0.717, 1.165) is 24.0 Å². The lowest BCUT2D eigenvalue weighted by atomic mass is 9.81. The molecule has 0 radical (unpaired) electrons. The Balaban J connectivity index is 1.89. The van der Waals surface area contributed by atoms with E-state index >= 15 is 4.79 Å². The Kier molecular flexibility index (Phi) is 21.5. The summed E-state index contributed by atoms with van der Waals surface area (Å²) in [5.74, 6) is -6.99. The van der Waals surface area contributed by atoms with Crippen molar-refractivity contribution in [3.05, 3.63) is 36.0 Å². The van der Waals surface area contributed by atoms with Crippen LogP contribution < -0.4 is 0 Å². The number of ether oxygens (including phenoxy) is 5.